The lowest BCUT2D eigenvalue weighted by Crippen LogP contribution is -2.22. The smallest absolute Gasteiger partial charge is 0.366 e. The lowest BCUT2D eigenvalue weighted by molar-refractivity contribution is -0.141. The molecule has 0 aliphatic carbocycles. The van der Waals surface area contributed by atoms with Crippen LogP contribution in [0.25, 0.3) is 0 Å². The number of alkyl halides is 3. The molecule has 0 aliphatic heterocycles. The summed E-state index contributed by atoms with van der Waals surface area (Å²) >= 11 is 0. The van der Waals surface area contributed by atoms with Crippen molar-refractivity contribution in [2.75, 3.05) is 5.32 Å². The maximum Gasteiger partial charge on any atom is 0.433 e. The molecule has 1 aromatic heterocycles. The van der Waals surface area contributed by atoms with E-state index >= 15 is 0 Å². The molecule has 0 aliphatic rings. The van der Waals surface area contributed by atoms with Crippen LogP contribution in [0.3, 0.4) is 0 Å². The van der Waals surface area contributed by atoms with Crippen molar-refractivity contribution in [1.29, 1.82) is 5.26 Å². The number of anilines is 1. The zero-order chi connectivity index (χ0) is 15.9. The Morgan fingerprint density at radius 3 is 2.48 bits per heavy atom. The van der Waals surface area contributed by atoms with Gasteiger partial charge in [0, 0.05) is 6.04 Å². The van der Waals surface area contributed by atoms with E-state index < -0.39 is 11.9 Å². The van der Waals surface area contributed by atoms with Crippen LogP contribution in [0.15, 0.2) is 12.1 Å². The predicted molar refractivity (Wildman–Crippen MR) is 75.8 cm³/mol. The predicted octanol–water partition coefficient (Wildman–Crippen LogP) is 4.74. The molecule has 1 aromatic rings. The van der Waals surface area contributed by atoms with Gasteiger partial charge in [-0.3, -0.25) is 0 Å². The Morgan fingerprint density at radius 2 is 1.95 bits per heavy atom. The molecule has 0 saturated carbocycles. The van der Waals surface area contributed by atoms with Gasteiger partial charge < -0.3 is 5.32 Å². The van der Waals surface area contributed by atoms with Gasteiger partial charge in [-0.05, 0) is 25.0 Å². The standard InChI is InChI=1S/C15H20F3N3/c1-3-5-7-12(6-4-2)20-14-11(10-19)8-9-13(21-14)15(16,17)18/h8-9,12H,3-7H2,1-2H3,(H,20,21). The van der Waals surface area contributed by atoms with Gasteiger partial charge in [0.2, 0.25) is 0 Å². The molecule has 0 bridgehead atoms. The molecule has 1 atom stereocenters. The summed E-state index contributed by atoms with van der Waals surface area (Å²) < 4.78 is 38.2. The average molecular weight is 299 g/mol. The van der Waals surface area contributed by atoms with Gasteiger partial charge in [0.1, 0.15) is 17.6 Å². The number of nitrogens with zero attached hydrogens (tertiary/aromatic N) is 2. The number of rotatable bonds is 7. The fourth-order valence-corrected chi connectivity index (χ4v) is 2.10. The van der Waals surface area contributed by atoms with E-state index in [0.717, 1.165) is 38.2 Å². The van der Waals surface area contributed by atoms with Gasteiger partial charge in [-0.1, -0.05) is 33.1 Å². The van der Waals surface area contributed by atoms with Crippen LogP contribution in [0.1, 0.15) is 57.2 Å². The van der Waals surface area contributed by atoms with Crippen molar-refractivity contribution in [1.82, 2.24) is 4.98 Å². The average Bonchev–Trinajstić information content (AvgIpc) is 2.44. The van der Waals surface area contributed by atoms with Crippen LogP contribution >= 0.6 is 0 Å². The molecule has 0 spiro atoms. The minimum Gasteiger partial charge on any atom is -0.366 e. The minimum atomic E-state index is -4.51. The first-order valence-electron chi connectivity index (χ1n) is 7.17. The highest BCUT2D eigenvalue weighted by molar-refractivity contribution is 5.53. The van der Waals surface area contributed by atoms with Crippen LogP contribution in [0, 0.1) is 11.3 Å². The Morgan fingerprint density at radius 1 is 1.24 bits per heavy atom. The molecular weight excluding hydrogens is 279 g/mol. The number of nitrogens with one attached hydrogen (secondary N) is 1. The van der Waals surface area contributed by atoms with Crippen molar-refractivity contribution in [2.24, 2.45) is 0 Å². The summed E-state index contributed by atoms with van der Waals surface area (Å²) in [6.45, 7) is 4.08. The lowest BCUT2D eigenvalue weighted by Gasteiger charge is -2.20. The number of hydrogen-bond donors (Lipinski definition) is 1. The molecule has 1 N–H and O–H groups in total. The monoisotopic (exact) mass is 299 g/mol. The molecule has 21 heavy (non-hydrogen) atoms. The van der Waals surface area contributed by atoms with Crippen molar-refractivity contribution in [3.05, 3.63) is 23.4 Å². The van der Waals surface area contributed by atoms with Gasteiger partial charge in [0.15, 0.2) is 0 Å². The van der Waals surface area contributed by atoms with E-state index in [9.17, 15) is 13.2 Å². The number of nitriles is 1. The summed E-state index contributed by atoms with van der Waals surface area (Å²) in [6, 6.07) is 3.93. The minimum absolute atomic E-state index is 0.0295. The van der Waals surface area contributed by atoms with Crippen molar-refractivity contribution in [3.8, 4) is 6.07 Å². The van der Waals surface area contributed by atoms with Crippen molar-refractivity contribution in [3.63, 3.8) is 0 Å². The third-order valence-corrected chi connectivity index (χ3v) is 3.19. The van der Waals surface area contributed by atoms with Gasteiger partial charge in [-0.2, -0.15) is 18.4 Å². The number of hydrogen-bond acceptors (Lipinski definition) is 3. The maximum atomic E-state index is 12.7. The number of aromatic nitrogens is 1. The Labute approximate surface area is 123 Å². The van der Waals surface area contributed by atoms with Crippen LogP contribution in [-0.2, 0) is 6.18 Å². The molecule has 3 nitrogen and oxygen atoms in total. The summed E-state index contributed by atoms with van der Waals surface area (Å²) in [6.07, 6.45) is 0.105. The molecule has 1 heterocycles. The summed E-state index contributed by atoms with van der Waals surface area (Å²) in [5.41, 5.74) is -0.838. The van der Waals surface area contributed by atoms with Gasteiger partial charge in [-0.25, -0.2) is 4.98 Å². The number of pyridine rings is 1. The van der Waals surface area contributed by atoms with Crippen LogP contribution < -0.4 is 5.32 Å². The second kappa shape index (κ2) is 7.87. The molecule has 0 aromatic carbocycles. The largest absolute Gasteiger partial charge is 0.433 e. The van der Waals surface area contributed by atoms with E-state index in [1.165, 1.54) is 6.07 Å². The van der Waals surface area contributed by atoms with E-state index in [-0.39, 0.29) is 17.4 Å². The maximum absolute atomic E-state index is 12.7. The van der Waals surface area contributed by atoms with E-state index in [0.29, 0.717) is 0 Å². The second-order valence-electron chi connectivity index (χ2n) is 4.97. The van der Waals surface area contributed by atoms with Crippen LogP contribution in [-0.4, -0.2) is 11.0 Å². The summed E-state index contributed by atoms with van der Waals surface area (Å²) in [5, 5.41) is 12.0. The molecular formula is C15H20F3N3. The quantitative estimate of drug-likeness (QED) is 0.791. The zero-order valence-electron chi connectivity index (χ0n) is 12.3. The molecule has 1 unspecified atom stereocenters. The Bertz CT molecular complexity index is 492. The molecule has 0 radical (unpaired) electrons. The molecule has 116 valence electrons. The highest BCUT2D eigenvalue weighted by Crippen LogP contribution is 2.29. The third kappa shape index (κ3) is 5.25. The van der Waals surface area contributed by atoms with Gasteiger partial charge in [0.05, 0.1) is 5.56 Å². The lowest BCUT2D eigenvalue weighted by atomic mass is 10.0. The van der Waals surface area contributed by atoms with E-state index in [4.69, 9.17) is 5.26 Å². The molecule has 0 saturated heterocycles. The van der Waals surface area contributed by atoms with E-state index in [2.05, 4.69) is 17.2 Å². The summed E-state index contributed by atoms with van der Waals surface area (Å²) in [7, 11) is 0. The van der Waals surface area contributed by atoms with Gasteiger partial charge in [0.25, 0.3) is 0 Å². The highest BCUT2D eigenvalue weighted by atomic mass is 19.4. The Kier molecular flexibility index (Phi) is 6.47. The van der Waals surface area contributed by atoms with Crippen LogP contribution in [0.4, 0.5) is 19.0 Å². The van der Waals surface area contributed by atoms with Gasteiger partial charge >= 0.3 is 6.18 Å². The second-order valence-corrected chi connectivity index (χ2v) is 4.97. The van der Waals surface area contributed by atoms with Crippen molar-refractivity contribution < 1.29 is 13.2 Å². The highest BCUT2D eigenvalue weighted by Gasteiger charge is 2.33. The fraction of sp³-hybridized carbons (Fsp3) is 0.600. The van der Waals surface area contributed by atoms with Crippen molar-refractivity contribution in [2.45, 2.75) is 58.2 Å². The van der Waals surface area contributed by atoms with Crippen LogP contribution in [0.2, 0.25) is 0 Å². The third-order valence-electron chi connectivity index (χ3n) is 3.19. The number of unbranched alkanes of at least 4 members (excludes halogenated alkanes) is 1. The summed E-state index contributed by atoms with van der Waals surface area (Å²) in [4.78, 5) is 3.59. The van der Waals surface area contributed by atoms with E-state index in [1.54, 1.807) is 0 Å². The molecule has 0 amide bonds. The normalized spacial score (nSPS) is 12.8. The Balaban J connectivity index is 3.00. The molecule has 6 heteroatoms. The van der Waals surface area contributed by atoms with E-state index in [1.807, 2.05) is 13.0 Å². The van der Waals surface area contributed by atoms with Gasteiger partial charge in [-0.15, -0.1) is 0 Å². The zero-order valence-corrected chi connectivity index (χ0v) is 12.3. The summed E-state index contributed by atoms with van der Waals surface area (Å²) in [5.74, 6) is 0.0295. The fourth-order valence-electron chi connectivity index (χ4n) is 2.10. The topological polar surface area (TPSA) is 48.7 Å². The SMILES string of the molecule is CCCCC(CCC)Nc1nc(C(F)(F)F)ccc1C#N. The first kappa shape index (κ1) is 17.3. The van der Waals surface area contributed by atoms with Crippen LogP contribution in [0.5, 0.6) is 0 Å². The first-order valence-corrected chi connectivity index (χ1v) is 7.17. The molecule has 0 fully saturated rings. The molecule has 1 rings (SSSR count). The number of halogens is 3. The first-order chi connectivity index (χ1) is 9.92. The van der Waals surface area contributed by atoms with Crippen molar-refractivity contribution >= 4 is 5.82 Å². The Hall–Kier alpha value is -1.77.